The van der Waals surface area contributed by atoms with Crippen LogP contribution in [0.1, 0.15) is 30.0 Å². The highest BCUT2D eigenvalue weighted by atomic mass is 32.1. The van der Waals surface area contributed by atoms with Crippen molar-refractivity contribution in [3.63, 3.8) is 0 Å². The Labute approximate surface area is 124 Å². The predicted octanol–water partition coefficient (Wildman–Crippen LogP) is 3.53. The van der Waals surface area contributed by atoms with E-state index < -0.39 is 0 Å². The zero-order chi connectivity index (χ0) is 13.8. The Morgan fingerprint density at radius 3 is 2.80 bits per heavy atom. The van der Waals surface area contributed by atoms with Gasteiger partial charge in [0.25, 0.3) is 0 Å². The third-order valence-corrected chi connectivity index (χ3v) is 4.67. The van der Waals surface area contributed by atoms with Crippen molar-refractivity contribution in [2.75, 3.05) is 20.2 Å². The lowest BCUT2D eigenvalue weighted by Crippen LogP contribution is -2.32. The van der Waals surface area contributed by atoms with Crippen molar-refractivity contribution in [3.05, 3.63) is 46.4 Å². The topological polar surface area (TPSA) is 25.4 Å². The molecule has 1 aliphatic heterocycles. The lowest BCUT2D eigenvalue weighted by molar-refractivity contribution is 0.201. The number of rotatable bonds is 4. The van der Waals surface area contributed by atoms with Crippen LogP contribution in [-0.2, 0) is 6.54 Å². The first-order valence-electron chi connectivity index (χ1n) is 7.09. The molecule has 0 bridgehead atoms. The molecule has 3 rings (SSSR count). The highest BCUT2D eigenvalue weighted by Gasteiger charge is 2.23. The minimum atomic E-state index is 0.623. The molecule has 0 spiro atoms. The van der Waals surface area contributed by atoms with Crippen molar-refractivity contribution >= 4 is 11.3 Å². The van der Waals surface area contributed by atoms with Crippen molar-refractivity contribution in [2.24, 2.45) is 0 Å². The van der Waals surface area contributed by atoms with E-state index in [9.17, 15) is 0 Å². The van der Waals surface area contributed by atoms with E-state index in [4.69, 9.17) is 4.74 Å². The third-order valence-electron chi connectivity index (χ3n) is 4.04. The lowest BCUT2D eigenvalue weighted by atomic mass is 9.89. The molecule has 1 aromatic heterocycles. The van der Waals surface area contributed by atoms with Gasteiger partial charge < -0.3 is 4.74 Å². The molecular formula is C16H20N2OS. The lowest BCUT2D eigenvalue weighted by Gasteiger charge is -2.32. The summed E-state index contributed by atoms with van der Waals surface area (Å²) in [6.07, 6.45) is 2.40. The number of methoxy groups -OCH3 is 1. The number of thiazole rings is 1. The maximum absolute atomic E-state index is 5.49. The molecule has 1 aliphatic rings. The number of para-hydroxylation sites is 1. The van der Waals surface area contributed by atoms with Gasteiger partial charge in [0.15, 0.2) is 0 Å². The summed E-state index contributed by atoms with van der Waals surface area (Å²) >= 11 is 1.68. The zero-order valence-corrected chi connectivity index (χ0v) is 12.6. The van der Waals surface area contributed by atoms with Gasteiger partial charge in [-0.2, -0.15) is 0 Å². The summed E-state index contributed by atoms with van der Waals surface area (Å²) in [4.78, 5) is 6.87. The van der Waals surface area contributed by atoms with Crippen LogP contribution in [0.5, 0.6) is 5.75 Å². The molecule has 0 unspecified atom stereocenters. The quantitative estimate of drug-likeness (QED) is 0.860. The van der Waals surface area contributed by atoms with Crippen LogP contribution in [0, 0.1) is 0 Å². The van der Waals surface area contributed by atoms with E-state index in [1.54, 1.807) is 18.4 Å². The maximum atomic E-state index is 5.49. The van der Waals surface area contributed by atoms with E-state index in [0.717, 1.165) is 25.4 Å². The highest BCUT2D eigenvalue weighted by Crippen LogP contribution is 2.34. The number of nitrogens with zero attached hydrogens (tertiary/aromatic N) is 2. The third kappa shape index (κ3) is 3.02. The number of aromatic nitrogens is 1. The van der Waals surface area contributed by atoms with E-state index in [2.05, 4.69) is 33.5 Å². The number of hydrogen-bond donors (Lipinski definition) is 0. The Morgan fingerprint density at radius 2 is 2.10 bits per heavy atom. The summed E-state index contributed by atoms with van der Waals surface area (Å²) in [5.74, 6) is 1.66. The number of piperidine rings is 1. The summed E-state index contributed by atoms with van der Waals surface area (Å²) in [6.45, 7) is 3.27. The van der Waals surface area contributed by atoms with Gasteiger partial charge in [-0.1, -0.05) is 18.2 Å². The van der Waals surface area contributed by atoms with Gasteiger partial charge in [0, 0.05) is 11.9 Å². The largest absolute Gasteiger partial charge is 0.496 e. The first-order valence-corrected chi connectivity index (χ1v) is 8.03. The van der Waals surface area contributed by atoms with Crippen LogP contribution in [-0.4, -0.2) is 30.1 Å². The average molecular weight is 288 g/mol. The average Bonchev–Trinajstić information content (AvgIpc) is 3.01. The van der Waals surface area contributed by atoms with E-state index in [1.165, 1.54) is 24.1 Å². The van der Waals surface area contributed by atoms with Crippen LogP contribution < -0.4 is 4.74 Å². The van der Waals surface area contributed by atoms with Crippen molar-refractivity contribution in [2.45, 2.75) is 25.3 Å². The number of benzene rings is 1. The Hall–Kier alpha value is -1.39. The second kappa shape index (κ2) is 6.37. The summed E-state index contributed by atoms with van der Waals surface area (Å²) in [6, 6.07) is 8.43. The molecule has 20 heavy (non-hydrogen) atoms. The van der Waals surface area contributed by atoms with Gasteiger partial charge >= 0.3 is 0 Å². The molecule has 0 aliphatic carbocycles. The van der Waals surface area contributed by atoms with E-state index in [1.807, 2.05) is 11.6 Å². The second-order valence-corrected chi connectivity index (χ2v) is 5.99. The Kier molecular flexibility index (Phi) is 4.33. The summed E-state index contributed by atoms with van der Waals surface area (Å²) in [5.41, 5.74) is 4.48. The minimum Gasteiger partial charge on any atom is -0.496 e. The highest BCUT2D eigenvalue weighted by molar-refractivity contribution is 7.07. The molecule has 1 aromatic carbocycles. The SMILES string of the molecule is COc1ccccc1C1CCN(Cc2cscn2)CC1. The fourth-order valence-corrected chi connectivity index (χ4v) is 3.50. The fourth-order valence-electron chi connectivity index (χ4n) is 2.95. The van der Waals surface area contributed by atoms with Crippen LogP contribution in [0.25, 0.3) is 0 Å². The smallest absolute Gasteiger partial charge is 0.122 e. The summed E-state index contributed by atoms with van der Waals surface area (Å²) in [7, 11) is 1.76. The molecule has 3 nitrogen and oxygen atoms in total. The van der Waals surface area contributed by atoms with Crippen LogP contribution in [0.4, 0.5) is 0 Å². The van der Waals surface area contributed by atoms with E-state index in [0.29, 0.717) is 5.92 Å². The molecule has 1 saturated heterocycles. The Bertz CT molecular complexity index is 533. The summed E-state index contributed by atoms with van der Waals surface area (Å²) < 4.78 is 5.49. The van der Waals surface area contributed by atoms with E-state index >= 15 is 0 Å². The van der Waals surface area contributed by atoms with Gasteiger partial charge in [0.1, 0.15) is 5.75 Å². The molecule has 0 N–H and O–H groups in total. The Morgan fingerprint density at radius 1 is 1.30 bits per heavy atom. The van der Waals surface area contributed by atoms with Crippen molar-refractivity contribution in [1.82, 2.24) is 9.88 Å². The minimum absolute atomic E-state index is 0.623. The molecule has 0 saturated carbocycles. The number of likely N-dealkylation sites (tertiary alicyclic amines) is 1. The van der Waals surface area contributed by atoms with Crippen LogP contribution in [0.15, 0.2) is 35.2 Å². The Balaban J connectivity index is 1.60. The van der Waals surface area contributed by atoms with Crippen molar-refractivity contribution in [3.8, 4) is 5.75 Å². The van der Waals surface area contributed by atoms with Gasteiger partial charge in [-0.05, 0) is 43.5 Å². The molecule has 4 heteroatoms. The van der Waals surface area contributed by atoms with Crippen LogP contribution in [0.2, 0.25) is 0 Å². The van der Waals surface area contributed by atoms with Gasteiger partial charge in [0.2, 0.25) is 0 Å². The predicted molar refractivity (Wildman–Crippen MR) is 82.4 cm³/mol. The maximum Gasteiger partial charge on any atom is 0.122 e. The molecule has 0 radical (unpaired) electrons. The fraction of sp³-hybridized carbons (Fsp3) is 0.438. The monoisotopic (exact) mass is 288 g/mol. The van der Waals surface area contributed by atoms with E-state index in [-0.39, 0.29) is 0 Å². The molecule has 106 valence electrons. The van der Waals surface area contributed by atoms with Gasteiger partial charge in [0.05, 0.1) is 18.3 Å². The summed E-state index contributed by atoms with van der Waals surface area (Å²) in [5, 5.41) is 2.15. The molecule has 0 atom stereocenters. The zero-order valence-electron chi connectivity index (χ0n) is 11.8. The molecule has 1 fully saturated rings. The second-order valence-electron chi connectivity index (χ2n) is 5.27. The molecule has 0 amide bonds. The first kappa shape index (κ1) is 13.6. The first-order chi connectivity index (χ1) is 9.86. The van der Waals surface area contributed by atoms with Crippen LogP contribution in [0.3, 0.4) is 0 Å². The normalized spacial score (nSPS) is 17.2. The number of ether oxygens (including phenoxy) is 1. The molecule has 2 aromatic rings. The van der Waals surface area contributed by atoms with Gasteiger partial charge in [-0.25, -0.2) is 4.98 Å². The van der Waals surface area contributed by atoms with Gasteiger partial charge in [-0.3, -0.25) is 4.90 Å². The van der Waals surface area contributed by atoms with Gasteiger partial charge in [-0.15, -0.1) is 11.3 Å². The number of hydrogen-bond acceptors (Lipinski definition) is 4. The van der Waals surface area contributed by atoms with Crippen molar-refractivity contribution < 1.29 is 4.74 Å². The molecular weight excluding hydrogens is 268 g/mol. The standard InChI is InChI=1S/C16H20N2OS/c1-19-16-5-3-2-4-15(16)13-6-8-18(9-7-13)10-14-11-20-12-17-14/h2-5,11-13H,6-10H2,1H3. The molecule has 2 heterocycles. The van der Waals surface area contributed by atoms with Crippen LogP contribution >= 0.6 is 11.3 Å². The van der Waals surface area contributed by atoms with Crippen molar-refractivity contribution in [1.29, 1.82) is 0 Å².